The van der Waals surface area contributed by atoms with Gasteiger partial charge < -0.3 is 16.0 Å². The number of anilines is 2. The minimum atomic E-state index is -0.324. The molecule has 1 amide bonds. The van der Waals surface area contributed by atoms with E-state index in [9.17, 15) is 4.79 Å². The summed E-state index contributed by atoms with van der Waals surface area (Å²) in [7, 11) is 1.83. The summed E-state index contributed by atoms with van der Waals surface area (Å²) in [5.74, 6) is 1.50. The van der Waals surface area contributed by atoms with Crippen LogP contribution in [-0.4, -0.2) is 35.5 Å². The lowest BCUT2D eigenvalue weighted by atomic mass is 10.1. The maximum Gasteiger partial charge on any atom is 0.242 e. The second kappa shape index (κ2) is 7.56. The predicted octanol–water partition coefficient (Wildman–Crippen LogP) is 1.41. The lowest BCUT2D eigenvalue weighted by Crippen LogP contribution is -2.37. The quantitative estimate of drug-likeness (QED) is 0.694. The van der Waals surface area contributed by atoms with Gasteiger partial charge in [0.15, 0.2) is 0 Å². The van der Waals surface area contributed by atoms with Gasteiger partial charge in [-0.2, -0.15) is 0 Å². The van der Waals surface area contributed by atoms with Crippen LogP contribution in [0.25, 0.3) is 0 Å². The van der Waals surface area contributed by atoms with E-state index in [0.29, 0.717) is 6.54 Å². The van der Waals surface area contributed by atoms with Crippen molar-refractivity contribution in [3.05, 3.63) is 11.9 Å². The topological polar surface area (TPSA) is 78.9 Å². The first-order valence-corrected chi connectivity index (χ1v) is 6.69. The van der Waals surface area contributed by atoms with Gasteiger partial charge in [0.25, 0.3) is 0 Å². The molecule has 1 unspecified atom stereocenters. The van der Waals surface area contributed by atoms with Crippen molar-refractivity contribution in [2.24, 2.45) is 0 Å². The highest BCUT2D eigenvalue weighted by atomic mass is 16.2. The van der Waals surface area contributed by atoms with E-state index in [1.165, 1.54) is 6.33 Å². The highest BCUT2D eigenvalue weighted by molar-refractivity contribution is 5.84. The fourth-order valence-electron chi connectivity index (χ4n) is 1.84. The normalized spacial score (nSPS) is 11.8. The van der Waals surface area contributed by atoms with Gasteiger partial charge in [-0.05, 0) is 20.3 Å². The Bertz CT molecular complexity index is 421. The third-order valence-corrected chi connectivity index (χ3v) is 2.78. The molecule has 1 aromatic rings. The standard InChI is InChI=1S/C13H23N5O/c1-5-7-10-11(14-4)16-8-17-12(10)18-9(3)13(19)15-6-2/h8-9H,5-7H2,1-4H3,(H,15,19)(H2,14,16,17,18). The molecular formula is C13H23N5O. The molecule has 0 spiro atoms. The van der Waals surface area contributed by atoms with Gasteiger partial charge in [-0.3, -0.25) is 4.79 Å². The summed E-state index contributed by atoms with van der Waals surface area (Å²) < 4.78 is 0. The van der Waals surface area contributed by atoms with Crippen molar-refractivity contribution < 1.29 is 4.79 Å². The summed E-state index contributed by atoms with van der Waals surface area (Å²) in [6.07, 6.45) is 3.35. The number of likely N-dealkylation sites (N-methyl/N-ethyl adjacent to an activating group) is 1. The number of amides is 1. The van der Waals surface area contributed by atoms with Crippen LogP contribution < -0.4 is 16.0 Å². The molecule has 1 heterocycles. The maximum atomic E-state index is 11.7. The second-order valence-electron chi connectivity index (χ2n) is 4.31. The Hall–Kier alpha value is -1.85. The van der Waals surface area contributed by atoms with Crippen molar-refractivity contribution in [2.45, 2.75) is 39.7 Å². The van der Waals surface area contributed by atoms with E-state index in [0.717, 1.165) is 30.0 Å². The van der Waals surface area contributed by atoms with Gasteiger partial charge in [0.05, 0.1) is 0 Å². The summed E-state index contributed by atoms with van der Waals surface area (Å²) in [6, 6.07) is -0.324. The third kappa shape index (κ3) is 4.08. The molecule has 0 aromatic carbocycles. The van der Waals surface area contributed by atoms with Gasteiger partial charge in [-0.25, -0.2) is 9.97 Å². The summed E-state index contributed by atoms with van der Waals surface area (Å²) in [5.41, 5.74) is 1.02. The highest BCUT2D eigenvalue weighted by Crippen LogP contribution is 2.21. The Morgan fingerprint density at radius 3 is 2.58 bits per heavy atom. The Balaban J connectivity index is 2.90. The molecule has 0 bridgehead atoms. The summed E-state index contributed by atoms with van der Waals surface area (Å²) >= 11 is 0. The van der Waals surface area contributed by atoms with E-state index >= 15 is 0 Å². The summed E-state index contributed by atoms with van der Waals surface area (Å²) in [6.45, 7) is 6.44. The molecule has 0 saturated carbocycles. The molecule has 1 rings (SSSR count). The number of hydrogen-bond donors (Lipinski definition) is 3. The molecule has 0 fully saturated rings. The van der Waals surface area contributed by atoms with E-state index in [4.69, 9.17) is 0 Å². The molecule has 6 nitrogen and oxygen atoms in total. The number of rotatable bonds is 7. The molecule has 19 heavy (non-hydrogen) atoms. The molecule has 0 saturated heterocycles. The van der Waals surface area contributed by atoms with E-state index in [-0.39, 0.29) is 11.9 Å². The number of aromatic nitrogens is 2. The van der Waals surface area contributed by atoms with Crippen LogP contribution in [0.2, 0.25) is 0 Å². The van der Waals surface area contributed by atoms with E-state index in [2.05, 4.69) is 32.8 Å². The first kappa shape index (κ1) is 15.2. The number of carbonyl (C=O) groups excluding carboxylic acids is 1. The van der Waals surface area contributed by atoms with Crippen molar-refractivity contribution in [1.29, 1.82) is 0 Å². The van der Waals surface area contributed by atoms with E-state index in [1.807, 2.05) is 20.9 Å². The summed E-state index contributed by atoms with van der Waals surface area (Å²) in [4.78, 5) is 20.2. The van der Waals surface area contributed by atoms with Crippen LogP contribution in [0.3, 0.4) is 0 Å². The second-order valence-corrected chi connectivity index (χ2v) is 4.31. The zero-order valence-electron chi connectivity index (χ0n) is 12.1. The van der Waals surface area contributed by atoms with Gasteiger partial charge in [0.2, 0.25) is 5.91 Å². The first-order valence-electron chi connectivity index (χ1n) is 6.69. The van der Waals surface area contributed by atoms with Gasteiger partial charge in [-0.15, -0.1) is 0 Å². The predicted molar refractivity (Wildman–Crippen MR) is 77.3 cm³/mol. The number of nitrogens with one attached hydrogen (secondary N) is 3. The zero-order valence-corrected chi connectivity index (χ0v) is 12.1. The number of carbonyl (C=O) groups is 1. The molecule has 0 aliphatic heterocycles. The average molecular weight is 265 g/mol. The van der Waals surface area contributed by atoms with Gasteiger partial charge >= 0.3 is 0 Å². The van der Waals surface area contributed by atoms with Crippen LogP contribution in [-0.2, 0) is 11.2 Å². The molecule has 1 atom stereocenters. The SMILES string of the molecule is CCCc1c(NC)ncnc1NC(C)C(=O)NCC. The average Bonchev–Trinajstić information content (AvgIpc) is 2.41. The third-order valence-electron chi connectivity index (χ3n) is 2.78. The molecule has 6 heteroatoms. The lowest BCUT2D eigenvalue weighted by molar-refractivity contribution is -0.121. The van der Waals surface area contributed by atoms with E-state index < -0.39 is 0 Å². The van der Waals surface area contributed by atoms with Crippen LogP contribution in [0.1, 0.15) is 32.8 Å². The fraction of sp³-hybridized carbons (Fsp3) is 0.615. The Labute approximate surface area is 114 Å². The Morgan fingerprint density at radius 1 is 1.32 bits per heavy atom. The highest BCUT2D eigenvalue weighted by Gasteiger charge is 2.16. The monoisotopic (exact) mass is 265 g/mol. The van der Waals surface area contributed by atoms with Gasteiger partial charge in [0.1, 0.15) is 24.0 Å². The molecular weight excluding hydrogens is 242 g/mol. The minimum Gasteiger partial charge on any atom is -0.373 e. The largest absolute Gasteiger partial charge is 0.373 e. The summed E-state index contributed by atoms with van der Waals surface area (Å²) in [5, 5.41) is 8.99. The van der Waals surface area contributed by atoms with Crippen molar-refractivity contribution >= 4 is 17.5 Å². The van der Waals surface area contributed by atoms with Gasteiger partial charge in [0, 0.05) is 19.2 Å². The molecule has 0 radical (unpaired) electrons. The molecule has 0 aliphatic rings. The van der Waals surface area contributed by atoms with Gasteiger partial charge in [-0.1, -0.05) is 13.3 Å². The van der Waals surface area contributed by atoms with Crippen molar-refractivity contribution in [1.82, 2.24) is 15.3 Å². The minimum absolute atomic E-state index is 0.0328. The number of nitrogens with zero attached hydrogens (tertiary/aromatic N) is 2. The molecule has 106 valence electrons. The van der Waals surface area contributed by atoms with Crippen molar-refractivity contribution in [2.75, 3.05) is 24.2 Å². The van der Waals surface area contributed by atoms with Crippen LogP contribution >= 0.6 is 0 Å². The molecule has 1 aromatic heterocycles. The maximum absolute atomic E-state index is 11.7. The van der Waals surface area contributed by atoms with Crippen LogP contribution in [0, 0.1) is 0 Å². The lowest BCUT2D eigenvalue weighted by Gasteiger charge is -2.17. The molecule has 0 aliphatic carbocycles. The fourth-order valence-corrected chi connectivity index (χ4v) is 1.84. The Morgan fingerprint density at radius 2 is 2.00 bits per heavy atom. The van der Waals surface area contributed by atoms with E-state index in [1.54, 1.807) is 0 Å². The smallest absolute Gasteiger partial charge is 0.242 e. The van der Waals surface area contributed by atoms with Crippen LogP contribution in [0.4, 0.5) is 11.6 Å². The Kier molecular flexibility index (Phi) is 6.05. The zero-order chi connectivity index (χ0) is 14.3. The number of hydrogen-bond acceptors (Lipinski definition) is 5. The van der Waals surface area contributed by atoms with Crippen molar-refractivity contribution in [3.63, 3.8) is 0 Å². The molecule has 3 N–H and O–H groups in total. The first-order chi connectivity index (χ1) is 9.13. The van der Waals surface area contributed by atoms with Crippen LogP contribution in [0.15, 0.2) is 6.33 Å². The van der Waals surface area contributed by atoms with Crippen LogP contribution in [0.5, 0.6) is 0 Å². The van der Waals surface area contributed by atoms with Crippen molar-refractivity contribution in [3.8, 4) is 0 Å².